The van der Waals surface area contributed by atoms with E-state index in [4.69, 9.17) is 4.74 Å². The summed E-state index contributed by atoms with van der Waals surface area (Å²) < 4.78 is 19.6. The third-order valence-electron chi connectivity index (χ3n) is 8.72. The second-order valence-electron chi connectivity index (χ2n) is 11.6. The number of benzene rings is 3. The molecule has 0 bridgehead atoms. The van der Waals surface area contributed by atoms with E-state index in [0.29, 0.717) is 29.1 Å². The predicted molar refractivity (Wildman–Crippen MR) is 169 cm³/mol. The third-order valence-corrected chi connectivity index (χ3v) is 9.93. The molecule has 0 unspecified atom stereocenters. The Morgan fingerprint density at radius 3 is 2.39 bits per heavy atom. The summed E-state index contributed by atoms with van der Waals surface area (Å²) in [6, 6.07) is 22.4. The highest BCUT2D eigenvalue weighted by Gasteiger charge is 2.45. The Labute approximate surface area is 258 Å². The first-order chi connectivity index (χ1) is 21.4. The molecule has 4 amide bonds. The van der Waals surface area contributed by atoms with Gasteiger partial charge in [-0.05, 0) is 73.4 Å². The molecule has 10 heteroatoms. The number of para-hydroxylation sites is 2. The standard InChI is InChI=1S/C34H31FN4O4S/c35-26-6-2-3-7-27(26)37-31(40)29-19-23-13-16-39(28-8-4-1-5-25(28)30(23)44-29)32(41)22-9-11-24(12-10-22)36-33(42)38-20-34(21-38)14-17-43-18-15-34/h1-12,19H,13-18,20-21H2,(H,36,42)(H,37,40). The number of hydrogen-bond acceptors (Lipinski definition) is 5. The number of anilines is 3. The van der Waals surface area contributed by atoms with Gasteiger partial charge in [0.15, 0.2) is 0 Å². The summed E-state index contributed by atoms with van der Waals surface area (Å²) >= 11 is 1.33. The molecule has 3 aliphatic rings. The summed E-state index contributed by atoms with van der Waals surface area (Å²) in [6.07, 6.45) is 2.54. The number of carbonyl (C=O) groups is 3. The maximum Gasteiger partial charge on any atom is 0.321 e. The van der Waals surface area contributed by atoms with Gasteiger partial charge in [0.25, 0.3) is 11.8 Å². The molecule has 0 aliphatic carbocycles. The highest BCUT2D eigenvalue weighted by molar-refractivity contribution is 7.17. The SMILES string of the molecule is O=C(Nc1ccccc1F)c1cc2c(s1)-c1ccccc1N(C(=O)c1ccc(NC(=O)N3CC4(CCOCC4)C3)cc1)CC2. The van der Waals surface area contributed by atoms with Crippen molar-refractivity contribution in [2.24, 2.45) is 5.41 Å². The Balaban J connectivity index is 1.05. The molecule has 4 aromatic rings. The van der Waals surface area contributed by atoms with E-state index in [2.05, 4.69) is 10.6 Å². The van der Waals surface area contributed by atoms with Crippen molar-refractivity contribution in [1.29, 1.82) is 0 Å². The lowest BCUT2D eigenvalue weighted by molar-refractivity contribution is -0.0596. The van der Waals surface area contributed by atoms with Gasteiger partial charge in [0.05, 0.1) is 16.3 Å². The first-order valence-electron chi connectivity index (χ1n) is 14.7. The quantitative estimate of drug-likeness (QED) is 0.271. The van der Waals surface area contributed by atoms with E-state index in [0.717, 1.165) is 60.8 Å². The van der Waals surface area contributed by atoms with Gasteiger partial charge in [-0.2, -0.15) is 0 Å². The minimum absolute atomic E-state index is 0.129. The van der Waals surface area contributed by atoms with Crippen molar-refractivity contribution in [2.45, 2.75) is 19.3 Å². The van der Waals surface area contributed by atoms with Crippen LogP contribution in [0.5, 0.6) is 0 Å². The highest BCUT2D eigenvalue weighted by Crippen LogP contribution is 2.42. The number of hydrogen-bond donors (Lipinski definition) is 2. The fourth-order valence-corrected chi connectivity index (χ4v) is 7.39. The van der Waals surface area contributed by atoms with Crippen LogP contribution in [0.25, 0.3) is 10.4 Å². The van der Waals surface area contributed by atoms with Crippen LogP contribution in [0.1, 0.15) is 38.4 Å². The molecular weight excluding hydrogens is 579 g/mol. The van der Waals surface area contributed by atoms with Crippen LogP contribution >= 0.6 is 11.3 Å². The zero-order valence-electron chi connectivity index (χ0n) is 24.0. The number of amides is 4. The van der Waals surface area contributed by atoms with Crippen LogP contribution in [-0.2, 0) is 11.2 Å². The van der Waals surface area contributed by atoms with E-state index in [1.54, 1.807) is 41.3 Å². The molecular formula is C34H31FN4O4S. The van der Waals surface area contributed by atoms with Crippen molar-refractivity contribution >= 4 is 46.2 Å². The lowest BCUT2D eigenvalue weighted by Gasteiger charge is -2.51. The third kappa shape index (κ3) is 5.35. The molecule has 1 spiro atoms. The molecule has 1 aromatic heterocycles. The normalized spacial score (nSPS) is 16.8. The minimum Gasteiger partial charge on any atom is -0.381 e. The van der Waals surface area contributed by atoms with Crippen molar-refractivity contribution in [3.8, 4) is 10.4 Å². The fourth-order valence-electron chi connectivity index (χ4n) is 6.25. The number of ether oxygens (including phenoxy) is 1. The molecule has 0 saturated carbocycles. The number of likely N-dealkylation sites (tertiary alicyclic amines) is 1. The summed E-state index contributed by atoms with van der Waals surface area (Å²) in [7, 11) is 0. The van der Waals surface area contributed by atoms with E-state index in [1.165, 1.54) is 23.5 Å². The Bertz CT molecular complexity index is 1740. The first kappa shape index (κ1) is 28.2. The van der Waals surface area contributed by atoms with Crippen molar-refractivity contribution in [1.82, 2.24) is 4.90 Å². The Kier molecular flexibility index (Phi) is 7.39. The van der Waals surface area contributed by atoms with Gasteiger partial charge in [-0.15, -0.1) is 11.3 Å². The number of nitrogens with zero attached hydrogens (tertiary/aromatic N) is 2. The van der Waals surface area contributed by atoms with Gasteiger partial charge in [0.2, 0.25) is 0 Å². The molecule has 44 heavy (non-hydrogen) atoms. The first-order valence-corrected chi connectivity index (χ1v) is 15.5. The maximum atomic E-state index is 14.1. The van der Waals surface area contributed by atoms with Gasteiger partial charge < -0.3 is 25.2 Å². The number of urea groups is 1. The largest absolute Gasteiger partial charge is 0.381 e. The maximum absolute atomic E-state index is 14.1. The molecule has 224 valence electrons. The molecule has 2 fully saturated rings. The fraction of sp³-hybridized carbons (Fsp3) is 0.265. The molecule has 4 heterocycles. The number of rotatable bonds is 4. The van der Waals surface area contributed by atoms with Crippen molar-refractivity contribution < 1.29 is 23.5 Å². The average Bonchev–Trinajstić information content (AvgIpc) is 3.39. The van der Waals surface area contributed by atoms with Gasteiger partial charge in [-0.25, -0.2) is 9.18 Å². The second-order valence-corrected chi connectivity index (χ2v) is 12.7. The molecule has 3 aromatic carbocycles. The van der Waals surface area contributed by atoms with E-state index in [9.17, 15) is 18.8 Å². The highest BCUT2D eigenvalue weighted by atomic mass is 32.1. The van der Waals surface area contributed by atoms with Crippen molar-refractivity contribution in [3.05, 3.63) is 101 Å². The second kappa shape index (κ2) is 11.5. The monoisotopic (exact) mass is 610 g/mol. The molecule has 8 nitrogen and oxygen atoms in total. The molecule has 2 saturated heterocycles. The van der Waals surface area contributed by atoms with Gasteiger partial charge in [-0.1, -0.05) is 30.3 Å². The Morgan fingerprint density at radius 2 is 1.61 bits per heavy atom. The van der Waals surface area contributed by atoms with Crippen LogP contribution in [0.3, 0.4) is 0 Å². The summed E-state index contributed by atoms with van der Waals surface area (Å²) in [5.74, 6) is -1.01. The van der Waals surface area contributed by atoms with E-state index in [1.807, 2.05) is 35.2 Å². The molecule has 0 atom stereocenters. The topological polar surface area (TPSA) is 91.0 Å². The number of nitrogens with one attached hydrogen (secondary N) is 2. The zero-order chi connectivity index (χ0) is 30.3. The zero-order valence-corrected chi connectivity index (χ0v) is 24.8. The van der Waals surface area contributed by atoms with Crippen LogP contribution in [0.4, 0.5) is 26.2 Å². The molecule has 3 aliphatic heterocycles. The van der Waals surface area contributed by atoms with Gasteiger partial charge in [0.1, 0.15) is 5.82 Å². The number of halogens is 1. The van der Waals surface area contributed by atoms with Gasteiger partial charge in [0, 0.05) is 60.0 Å². The summed E-state index contributed by atoms with van der Waals surface area (Å²) in [4.78, 5) is 44.6. The molecule has 7 rings (SSSR count). The van der Waals surface area contributed by atoms with Crippen molar-refractivity contribution in [3.63, 3.8) is 0 Å². The van der Waals surface area contributed by atoms with Crippen molar-refractivity contribution in [2.75, 3.05) is 48.4 Å². The predicted octanol–water partition coefficient (Wildman–Crippen LogP) is 6.65. The summed E-state index contributed by atoms with van der Waals surface area (Å²) in [5, 5.41) is 5.62. The lowest BCUT2D eigenvalue weighted by atomic mass is 9.73. The number of thiophene rings is 1. The molecule has 0 radical (unpaired) electrons. The summed E-state index contributed by atoms with van der Waals surface area (Å²) in [6.45, 7) is 3.44. The van der Waals surface area contributed by atoms with Crippen LogP contribution < -0.4 is 15.5 Å². The van der Waals surface area contributed by atoms with E-state index in [-0.39, 0.29) is 28.9 Å². The van der Waals surface area contributed by atoms with E-state index < -0.39 is 5.82 Å². The number of carbonyl (C=O) groups excluding carboxylic acids is 3. The average molecular weight is 611 g/mol. The Morgan fingerprint density at radius 1 is 0.886 bits per heavy atom. The van der Waals surface area contributed by atoms with Gasteiger partial charge >= 0.3 is 6.03 Å². The van der Waals surface area contributed by atoms with Crippen LogP contribution in [0.2, 0.25) is 0 Å². The molecule has 2 N–H and O–H groups in total. The van der Waals surface area contributed by atoms with Crippen LogP contribution in [0.15, 0.2) is 78.9 Å². The van der Waals surface area contributed by atoms with Crippen LogP contribution in [0, 0.1) is 11.2 Å². The van der Waals surface area contributed by atoms with Gasteiger partial charge in [-0.3, -0.25) is 9.59 Å². The van der Waals surface area contributed by atoms with E-state index >= 15 is 0 Å². The van der Waals surface area contributed by atoms with Crippen LogP contribution in [-0.4, -0.2) is 55.6 Å². The number of fused-ring (bicyclic) bond motifs is 3. The lowest BCUT2D eigenvalue weighted by Crippen LogP contribution is -2.61. The Hall–Kier alpha value is -4.54. The smallest absolute Gasteiger partial charge is 0.321 e. The minimum atomic E-state index is -0.492. The summed E-state index contributed by atoms with van der Waals surface area (Å²) in [5.41, 5.74) is 4.07.